The number of hydrogen-bond donors (Lipinski definition) is 1. The lowest BCUT2D eigenvalue weighted by Crippen LogP contribution is -2.50. The number of piperazine rings is 1. The second-order valence-corrected chi connectivity index (χ2v) is 7.53. The van der Waals surface area contributed by atoms with Crippen LogP contribution in [-0.2, 0) is 11.2 Å². The van der Waals surface area contributed by atoms with E-state index in [1.165, 1.54) is 5.56 Å². The molecule has 7 heteroatoms. The Hall–Kier alpha value is -3.06. The number of nitrogens with zero attached hydrogens (tertiary/aromatic N) is 2. The van der Waals surface area contributed by atoms with Gasteiger partial charge in [0.2, 0.25) is 12.7 Å². The SMILES string of the molecule is O=C(NCCN1CCN(C(=O)CCc2ccccc2)CC1)c1ccc2c(c1)OCO2. The van der Waals surface area contributed by atoms with E-state index in [-0.39, 0.29) is 18.6 Å². The van der Waals surface area contributed by atoms with Crippen molar-refractivity contribution in [1.29, 1.82) is 0 Å². The molecule has 2 amide bonds. The van der Waals surface area contributed by atoms with E-state index >= 15 is 0 Å². The highest BCUT2D eigenvalue weighted by Gasteiger charge is 2.21. The molecule has 0 unspecified atom stereocenters. The third-order valence-electron chi connectivity index (χ3n) is 5.54. The van der Waals surface area contributed by atoms with Crippen LogP contribution >= 0.6 is 0 Å². The molecular weight excluding hydrogens is 382 g/mol. The Morgan fingerprint density at radius 3 is 2.50 bits per heavy atom. The first kappa shape index (κ1) is 20.2. The molecule has 4 rings (SSSR count). The first-order valence-electron chi connectivity index (χ1n) is 10.4. The number of carbonyl (C=O) groups is 2. The predicted molar refractivity (Wildman–Crippen MR) is 113 cm³/mol. The average molecular weight is 409 g/mol. The monoisotopic (exact) mass is 409 g/mol. The maximum Gasteiger partial charge on any atom is 0.251 e. The molecule has 2 heterocycles. The topological polar surface area (TPSA) is 71.1 Å². The zero-order valence-electron chi connectivity index (χ0n) is 17.0. The van der Waals surface area contributed by atoms with Crippen LogP contribution in [0.15, 0.2) is 48.5 Å². The molecule has 1 saturated heterocycles. The molecule has 158 valence electrons. The minimum Gasteiger partial charge on any atom is -0.454 e. The van der Waals surface area contributed by atoms with E-state index in [2.05, 4.69) is 22.3 Å². The van der Waals surface area contributed by atoms with Crippen LogP contribution in [0, 0.1) is 0 Å². The number of aryl methyl sites for hydroxylation is 1. The fourth-order valence-corrected chi connectivity index (χ4v) is 3.74. The van der Waals surface area contributed by atoms with Gasteiger partial charge in [-0.15, -0.1) is 0 Å². The average Bonchev–Trinajstić information content (AvgIpc) is 3.26. The Kier molecular flexibility index (Phi) is 6.49. The van der Waals surface area contributed by atoms with E-state index in [0.29, 0.717) is 30.0 Å². The molecule has 0 saturated carbocycles. The van der Waals surface area contributed by atoms with Gasteiger partial charge in [0.05, 0.1) is 0 Å². The second-order valence-electron chi connectivity index (χ2n) is 7.53. The van der Waals surface area contributed by atoms with E-state index in [9.17, 15) is 9.59 Å². The highest BCUT2D eigenvalue weighted by atomic mass is 16.7. The highest BCUT2D eigenvalue weighted by molar-refractivity contribution is 5.94. The number of ether oxygens (including phenoxy) is 2. The van der Waals surface area contributed by atoms with Gasteiger partial charge in [0.25, 0.3) is 5.91 Å². The van der Waals surface area contributed by atoms with Crippen molar-refractivity contribution in [2.75, 3.05) is 46.1 Å². The van der Waals surface area contributed by atoms with Crippen molar-refractivity contribution >= 4 is 11.8 Å². The highest BCUT2D eigenvalue weighted by Crippen LogP contribution is 2.32. The second kappa shape index (κ2) is 9.63. The Bertz CT molecular complexity index is 879. The number of rotatable bonds is 7. The molecule has 1 N–H and O–H groups in total. The summed E-state index contributed by atoms with van der Waals surface area (Å²) in [7, 11) is 0. The molecule has 7 nitrogen and oxygen atoms in total. The molecule has 0 aromatic heterocycles. The van der Waals surface area contributed by atoms with E-state index < -0.39 is 0 Å². The molecule has 1 fully saturated rings. The summed E-state index contributed by atoms with van der Waals surface area (Å²) in [5, 5.41) is 2.95. The van der Waals surface area contributed by atoms with E-state index in [4.69, 9.17) is 9.47 Å². The molecule has 0 aliphatic carbocycles. The molecule has 2 aliphatic heterocycles. The summed E-state index contributed by atoms with van der Waals surface area (Å²) < 4.78 is 10.6. The van der Waals surface area contributed by atoms with Gasteiger partial charge in [-0.3, -0.25) is 14.5 Å². The van der Waals surface area contributed by atoms with Crippen molar-refractivity contribution in [3.8, 4) is 11.5 Å². The van der Waals surface area contributed by atoms with E-state index in [1.807, 2.05) is 23.1 Å². The lowest BCUT2D eigenvalue weighted by molar-refractivity contribution is -0.132. The standard InChI is InChI=1S/C23H27N3O4/c27-22(9-6-18-4-2-1-3-5-18)26-14-12-25(13-15-26)11-10-24-23(28)19-7-8-20-21(16-19)30-17-29-20/h1-5,7-8,16H,6,9-15,17H2,(H,24,28). The fourth-order valence-electron chi connectivity index (χ4n) is 3.74. The molecule has 2 aromatic rings. The Labute approximate surface area is 176 Å². The van der Waals surface area contributed by atoms with Gasteiger partial charge in [0.1, 0.15) is 0 Å². The first-order chi connectivity index (χ1) is 14.7. The van der Waals surface area contributed by atoms with Gasteiger partial charge >= 0.3 is 0 Å². The zero-order chi connectivity index (χ0) is 20.8. The third-order valence-corrected chi connectivity index (χ3v) is 5.54. The van der Waals surface area contributed by atoms with Crippen LogP contribution in [0.1, 0.15) is 22.3 Å². The minimum absolute atomic E-state index is 0.122. The van der Waals surface area contributed by atoms with Gasteiger partial charge in [0.15, 0.2) is 11.5 Å². The molecular formula is C23H27N3O4. The molecule has 0 radical (unpaired) electrons. The first-order valence-corrected chi connectivity index (χ1v) is 10.4. The normalized spacial score (nSPS) is 15.8. The summed E-state index contributed by atoms with van der Waals surface area (Å²) in [5.74, 6) is 1.37. The van der Waals surface area contributed by atoms with Crippen molar-refractivity contribution in [3.63, 3.8) is 0 Å². The van der Waals surface area contributed by atoms with Crippen LogP contribution in [0.25, 0.3) is 0 Å². The summed E-state index contributed by atoms with van der Waals surface area (Å²) >= 11 is 0. The van der Waals surface area contributed by atoms with Gasteiger partial charge in [-0.2, -0.15) is 0 Å². The van der Waals surface area contributed by atoms with E-state index in [0.717, 1.165) is 39.1 Å². The van der Waals surface area contributed by atoms with Crippen molar-refractivity contribution < 1.29 is 19.1 Å². The number of benzene rings is 2. The smallest absolute Gasteiger partial charge is 0.251 e. The minimum atomic E-state index is -0.122. The summed E-state index contributed by atoms with van der Waals surface area (Å²) in [6.45, 7) is 4.67. The van der Waals surface area contributed by atoms with Crippen LogP contribution in [0.4, 0.5) is 0 Å². The number of amides is 2. The van der Waals surface area contributed by atoms with Gasteiger partial charge < -0.3 is 19.7 Å². The summed E-state index contributed by atoms with van der Waals surface area (Å²) in [6, 6.07) is 15.3. The van der Waals surface area contributed by atoms with Gasteiger partial charge in [-0.25, -0.2) is 0 Å². The maximum atomic E-state index is 12.5. The number of nitrogens with one attached hydrogen (secondary N) is 1. The summed E-state index contributed by atoms with van der Waals surface area (Å²) in [6.07, 6.45) is 1.33. The van der Waals surface area contributed by atoms with Crippen LogP contribution in [0.2, 0.25) is 0 Å². The molecule has 2 aromatic carbocycles. The van der Waals surface area contributed by atoms with Crippen LogP contribution < -0.4 is 14.8 Å². The number of carbonyl (C=O) groups excluding carboxylic acids is 2. The molecule has 0 bridgehead atoms. The lowest BCUT2D eigenvalue weighted by atomic mass is 10.1. The predicted octanol–water partition coefficient (Wildman–Crippen LogP) is 1.92. The van der Waals surface area contributed by atoms with Gasteiger partial charge in [-0.05, 0) is 30.2 Å². The van der Waals surface area contributed by atoms with Crippen LogP contribution in [-0.4, -0.2) is 67.7 Å². The van der Waals surface area contributed by atoms with Crippen LogP contribution in [0.5, 0.6) is 11.5 Å². The van der Waals surface area contributed by atoms with Gasteiger partial charge in [-0.1, -0.05) is 30.3 Å². The third kappa shape index (κ3) is 5.10. The molecule has 2 aliphatic rings. The quantitative estimate of drug-likeness (QED) is 0.757. The van der Waals surface area contributed by atoms with Crippen molar-refractivity contribution in [2.24, 2.45) is 0 Å². The Balaban J connectivity index is 1.14. The molecule has 0 atom stereocenters. The Morgan fingerprint density at radius 2 is 1.70 bits per heavy atom. The van der Waals surface area contributed by atoms with Crippen molar-refractivity contribution in [3.05, 3.63) is 59.7 Å². The fraction of sp³-hybridized carbons (Fsp3) is 0.391. The van der Waals surface area contributed by atoms with Gasteiger partial charge in [0, 0.05) is 51.3 Å². The van der Waals surface area contributed by atoms with Crippen molar-refractivity contribution in [2.45, 2.75) is 12.8 Å². The lowest BCUT2D eigenvalue weighted by Gasteiger charge is -2.34. The molecule has 0 spiro atoms. The largest absolute Gasteiger partial charge is 0.454 e. The Morgan fingerprint density at radius 1 is 0.933 bits per heavy atom. The van der Waals surface area contributed by atoms with Crippen LogP contribution in [0.3, 0.4) is 0 Å². The van der Waals surface area contributed by atoms with Crippen molar-refractivity contribution in [1.82, 2.24) is 15.1 Å². The van der Waals surface area contributed by atoms with E-state index in [1.54, 1.807) is 18.2 Å². The zero-order valence-corrected chi connectivity index (χ0v) is 17.0. The summed E-state index contributed by atoms with van der Waals surface area (Å²) in [4.78, 5) is 29.0. The number of hydrogen-bond acceptors (Lipinski definition) is 5. The maximum absolute atomic E-state index is 12.5. The summed E-state index contributed by atoms with van der Waals surface area (Å²) in [5.41, 5.74) is 1.76. The number of fused-ring (bicyclic) bond motifs is 1. The molecule has 30 heavy (non-hydrogen) atoms.